The molecule has 1 aliphatic heterocycles. The summed E-state index contributed by atoms with van der Waals surface area (Å²) < 4.78 is 6.77. The highest BCUT2D eigenvalue weighted by molar-refractivity contribution is 5.91. The molecular formula is C17H22N6O3. The Morgan fingerprint density at radius 1 is 1.27 bits per heavy atom. The van der Waals surface area contributed by atoms with Gasteiger partial charge in [0.25, 0.3) is 11.5 Å². The van der Waals surface area contributed by atoms with Gasteiger partial charge in [0.15, 0.2) is 0 Å². The van der Waals surface area contributed by atoms with Crippen molar-refractivity contribution in [1.82, 2.24) is 25.1 Å². The molecular weight excluding hydrogens is 336 g/mol. The number of nitrogens with zero attached hydrogens (tertiary/aromatic N) is 5. The first-order valence-electron chi connectivity index (χ1n) is 8.59. The van der Waals surface area contributed by atoms with E-state index in [1.54, 1.807) is 0 Å². The van der Waals surface area contributed by atoms with Crippen molar-refractivity contribution in [3.05, 3.63) is 40.1 Å². The maximum atomic E-state index is 12.0. The van der Waals surface area contributed by atoms with Crippen molar-refractivity contribution in [1.29, 1.82) is 0 Å². The molecule has 1 amide bonds. The first kappa shape index (κ1) is 17.8. The van der Waals surface area contributed by atoms with Gasteiger partial charge in [0.2, 0.25) is 5.88 Å². The van der Waals surface area contributed by atoms with E-state index in [2.05, 4.69) is 25.3 Å². The van der Waals surface area contributed by atoms with Gasteiger partial charge in [0, 0.05) is 32.3 Å². The van der Waals surface area contributed by atoms with Crippen LogP contribution in [-0.4, -0.2) is 51.9 Å². The number of ether oxygens (including phenoxy) is 1. The van der Waals surface area contributed by atoms with E-state index in [9.17, 15) is 9.59 Å². The van der Waals surface area contributed by atoms with Crippen molar-refractivity contribution in [2.75, 3.05) is 31.1 Å². The van der Waals surface area contributed by atoms with Gasteiger partial charge in [-0.25, -0.2) is 9.67 Å². The zero-order chi connectivity index (χ0) is 18.5. The predicted octanol–water partition coefficient (Wildman–Crippen LogP) is 0.288. The van der Waals surface area contributed by atoms with Crippen LogP contribution in [0.2, 0.25) is 0 Å². The summed E-state index contributed by atoms with van der Waals surface area (Å²) in [5, 5.41) is 6.61. The maximum Gasteiger partial charge on any atom is 0.271 e. The fourth-order valence-corrected chi connectivity index (χ4v) is 2.74. The van der Waals surface area contributed by atoms with Gasteiger partial charge < -0.3 is 15.0 Å². The lowest BCUT2D eigenvalue weighted by Crippen LogP contribution is -2.31. The van der Waals surface area contributed by atoms with Gasteiger partial charge in [-0.3, -0.25) is 9.59 Å². The standard InChI is InChI=1S/C17H22N6O3/c1-12-19-14(23-8-3-4-9-23)11-15(20-12)26-10-7-18-17(25)13-5-6-16(24)22(2)21-13/h5-6,11H,3-4,7-10H2,1-2H3,(H,18,25). The summed E-state index contributed by atoms with van der Waals surface area (Å²) in [5.74, 6) is 1.67. The van der Waals surface area contributed by atoms with Gasteiger partial charge in [0.1, 0.15) is 23.9 Å². The number of carbonyl (C=O) groups excluding carboxylic acids is 1. The van der Waals surface area contributed by atoms with Crippen LogP contribution >= 0.6 is 0 Å². The summed E-state index contributed by atoms with van der Waals surface area (Å²) in [6, 6.07) is 4.53. The molecule has 0 bridgehead atoms. The molecule has 26 heavy (non-hydrogen) atoms. The Morgan fingerprint density at radius 3 is 2.77 bits per heavy atom. The molecule has 0 atom stereocenters. The zero-order valence-corrected chi connectivity index (χ0v) is 14.9. The summed E-state index contributed by atoms with van der Waals surface area (Å²) in [6.45, 7) is 4.40. The van der Waals surface area contributed by atoms with E-state index in [4.69, 9.17) is 4.74 Å². The van der Waals surface area contributed by atoms with E-state index in [0.29, 0.717) is 18.2 Å². The molecule has 1 aliphatic rings. The van der Waals surface area contributed by atoms with E-state index in [-0.39, 0.29) is 23.8 Å². The van der Waals surface area contributed by atoms with Gasteiger partial charge in [-0.2, -0.15) is 10.1 Å². The second kappa shape index (κ2) is 7.94. The second-order valence-corrected chi connectivity index (χ2v) is 6.09. The fraction of sp³-hybridized carbons (Fsp3) is 0.471. The number of anilines is 1. The highest BCUT2D eigenvalue weighted by Gasteiger charge is 2.15. The summed E-state index contributed by atoms with van der Waals surface area (Å²) in [6.07, 6.45) is 2.34. The van der Waals surface area contributed by atoms with E-state index in [0.717, 1.165) is 23.6 Å². The Morgan fingerprint density at radius 2 is 2.04 bits per heavy atom. The lowest BCUT2D eigenvalue weighted by atomic mass is 10.3. The highest BCUT2D eigenvalue weighted by atomic mass is 16.5. The Hall–Kier alpha value is -2.97. The molecule has 0 unspecified atom stereocenters. The van der Waals surface area contributed by atoms with Crippen LogP contribution in [-0.2, 0) is 7.05 Å². The fourth-order valence-electron chi connectivity index (χ4n) is 2.74. The van der Waals surface area contributed by atoms with Crippen LogP contribution in [0.5, 0.6) is 5.88 Å². The van der Waals surface area contributed by atoms with Crippen molar-refractivity contribution < 1.29 is 9.53 Å². The highest BCUT2D eigenvalue weighted by Crippen LogP contribution is 2.21. The van der Waals surface area contributed by atoms with E-state index < -0.39 is 0 Å². The molecule has 9 nitrogen and oxygen atoms in total. The Labute approximate surface area is 151 Å². The van der Waals surface area contributed by atoms with Crippen LogP contribution in [0.15, 0.2) is 23.0 Å². The number of carbonyl (C=O) groups is 1. The minimum atomic E-state index is -0.360. The summed E-state index contributed by atoms with van der Waals surface area (Å²) in [4.78, 5) is 34.3. The smallest absolute Gasteiger partial charge is 0.271 e. The molecule has 1 fully saturated rings. The average molecular weight is 358 g/mol. The first-order valence-corrected chi connectivity index (χ1v) is 8.59. The number of amides is 1. The average Bonchev–Trinajstić information content (AvgIpc) is 3.15. The van der Waals surface area contributed by atoms with Gasteiger partial charge in [-0.1, -0.05) is 0 Å². The molecule has 3 rings (SSSR count). The Balaban J connectivity index is 1.52. The summed E-state index contributed by atoms with van der Waals surface area (Å²) in [5.41, 5.74) is -0.0841. The van der Waals surface area contributed by atoms with E-state index in [1.165, 1.54) is 32.0 Å². The molecule has 0 saturated carbocycles. The summed E-state index contributed by atoms with van der Waals surface area (Å²) >= 11 is 0. The monoisotopic (exact) mass is 358 g/mol. The number of hydrogen-bond acceptors (Lipinski definition) is 7. The quantitative estimate of drug-likeness (QED) is 0.740. The van der Waals surface area contributed by atoms with Crippen molar-refractivity contribution in [3.8, 4) is 5.88 Å². The topological polar surface area (TPSA) is 102 Å². The molecule has 1 saturated heterocycles. The lowest BCUT2D eigenvalue weighted by Gasteiger charge is -2.17. The molecule has 2 aromatic rings. The van der Waals surface area contributed by atoms with Gasteiger partial charge >= 0.3 is 0 Å². The number of aryl methyl sites for hydroxylation is 2. The number of aromatic nitrogens is 4. The van der Waals surface area contributed by atoms with Crippen LogP contribution in [0.1, 0.15) is 29.2 Å². The van der Waals surface area contributed by atoms with Crippen LogP contribution in [0.25, 0.3) is 0 Å². The van der Waals surface area contributed by atoms with Crippen LogP contribution in [0.3, 0.4) is 0 Å². The van der Waals surface area contributed by atoms with Crippen molar-refractivity contribution in [2.45, 2.75) is 19.8 Å². The van der Waals surface area contributed by atoms with Crippen molar-refractivity contribution >= 4 is 11.7 Å². The van der Waals surface area contributed by atoms with Crippen LogP contribution < -0.4 is 20.5 Å². The lowest BCUT2D eigenvalue weighted by molar-refractivity contribution is 0.0939. The molecule has 0 aliphatic carbocycles. The van der Waals surface area contributed by atoms with Crippen LogP contribution in [0.4, 0.5) is 5.82 Å². The number of nitrogens with one attached hydrogen (secondary N) is 1. The third kappa shape index (κ3) is 4.35. The van der Waals surface area contributed by atoms with Gasteiger partial charge in [-0.15, -0.1) is 0 Å². The first-order chi connectivity index (χ1) is 12.5. The third-order valence-corrected chi connectivity index (χ3v) is 4.06. The second-order valence-electron chi connectivity index (χ2n) is 6.09. The molecule has 0 aromatic carbocycles. The Bertz CT molecular complexity index is 845. The number of hydrogen-bond donors (Lipinski definition) is 1. The summed E-state index contributed by atoms with van der Waals surface area (Å²) in [7, 11) is 1.50. The largest absolute Gasteiger partial charge is 0.476 e. The molecule has 3 heterocycles. The molecule has 1 N–H and O–H groups in total. The third-order valence-electron chi connectivity index (χ3n) is 4.06. The zero-order valence-electron chi connectivity index (χ0n) is 14.9. The van der Waals surface area contributed by atoms with E-state index in [1.807, 2.05) is 13.0 Å². The molecule has 0 radical (unpaired) electrons. The van der Waals surface area contributed by atoms with Crippen LogP contribution in [0, 0.1) is 6.92 Å². The van der Waals surface area contributed by atoms with Gasteiger partial charge in [-0.05, 0) is 25.8 Å². The minimum Gasteiger partial charge on any atom is -0.476 e. The van der Waals surface area contributed by atoms with Crippen molar-refractivity contribution in [2.24, 2.45) is 7.05 Å². The number of rotatable bonds is 6. The maximum absolute atomic E-state index is 12.0. The predicted molar refractivity (Wildman–Crippen MR) is 95.5 cm³/mol. The van der Waals surface area contributed by atoms with Gasteiger partial charge in [0.05, 0.1) is 6.54 Å². The molecule has 2 aromatic heterocycles. The van der Waals surface area contributed by atoms with Crippen molar-refractivity contribution in [3.63, 3.8) is 0 Å². The van der Waals surface area contributed by atoms with E-state index >= 15 is 0 Å². The molecule has 9 heteroatoms. The molecule has 0 spiro atoms. The molecule has 138 valence electrons. The Kier molecular flexibility index (Phi) is 5.45. The SMILES string of the molecule is Cc1nc(OCCNC(=O)c2ccc(=O)n(C)n2)cc(N2CCCC2)n1. The normalized spacial score (nSPS) is 13.7. The minimum absolute atomic E-state index is 0.182.